The Hall–Kier alpha value is -0.930. The van der Waals surface area contributed by atoms with Crippen LogP contribution in [-0.4, -0.2) is 24.0 Å². The van der Waals surface area contributed by atoms with E-state index in [9.17, 15) is 4.39 Å². The molecule has 1 aliphatic heterocycles. The molecule has 0 amide bonds. The first-order valence-corrected chi connectivity index (χ1v) is 6.74. The molecular formula is C15H23FN2. The number of hydrogen-bond acceptors (Lipinski definition) is 2. The summed E-state index contributed by atoms with van der Waals surface area (Å²) >= 11 is 0. The zero-order valence-corrected chi connectivity index (χ0v) is 11.5. The predicted octanol–water partition coefficient (Wildman–Crippen LogP) is 2.86. The molecular weight excluding hydrogens is 227 g/mol. The molecule has 2 N–H and O–H groups in total. The van der Waals surface area contributed by atoms with Crippen LogP contribution in [0.2, 0.25) is 0 Å². The Balaban J connectivity index is 2.11. The van der Waals surface area contributed by atoms with Gasteiger partial charge < -0.3 is 5.73 Å². The molecule has 0 radical (unpaired) electrons. The van der Waals surface area contributed by atoms with Crippen LogP contribution < -0.4 is 5.73 Å². The molecule has 2 rings (SSSR count). The largest absolute Gasteiger partial charge is 0.327 e. The highest BCUT2D eigenvalue weighted by Crippen LogP contribution is 2.26. The summed E-state index contributed by atoms with van der Waals surface area (Å²) in [6, 6.07) is 6.13. The van der Waals surface area contributed by atoms with E-state index in [0.717, 1.165) is 25.1 Å². The average molecular weight is 250 g/mol. The quantitative estimate of drug-likeness (QED) is 0.874. The van der Waals surface area contributed by atoms with Gasteiger partial charge in [0, 0.05) is 25.2 Å². The normalized spacial score (nSPS) is 27.2. The molecule has 1 fully saturated rings. The number of rotatable bonds is 2. The second kappa shape index (κ2) is 5.37. The van der Waals surface area contributed by atoms with Crippen LogP contribution >= 0.6 is 0 Å². The van der Waals surface area contributed by atoms with E-state index in [4.69, 9.17) is 5.73 Å². The van der Waals surface area contributed by atoms with E-state index >= 15 is 0 Å². The Bertz CT molecular complexity index is 419. The molecule has 0 aliphatic carbocycles. The first kappa shape index (κ1) is 13.5. The molecule has 3 atom stereocenters. The molecule has 0 saturated carbocycles. The maximum Gasteiger partial charge on any atom is 0.126 e. The van der Waals surface area contributed by atoms with Gasteiger partial charge in [0.05, 0.1) is 0 Å². The van der Waals surface area contributed by atoms with Crippen molar-refractivity contribution in [3.63, 3.8) is 0 Å². The molecule has 3 heteroatoms. The molecule has 100 valence electrons. The topological polar surface area (TPSA) is 29.3 Å². The Morgan fingerprint density at radius 1 is 1.44 bits per heavy atom. The Labute approximate surface area is 109 Å². The van der Waals surface area contributed by atoms with Crippen molar-refractivity contribution in [2.75, 3.05) is 13.1 Å². The maximum absolute atomic E-state index is 13.6. The molecule has 1 aromatic rings. The van der Waals surface area contributed by atoms with E-state index in [0.29, 0.717) is 17.5 Å². The molecule has 18 heavy (non-hydrogen) atoms. The summed E-state index contributed by atoms with van der Waals surface area (Å²) in [5, 5.41) is 0. The van der Waals surface area contributed by atoms with Gasteiger partial charge >= 0.3 is 0 Å². The summed E-state index contributed by atoms with van der Waals surface area (Å²) < 4.78 is 13.6. The SMILES string of the molecule is Cc1ccc(C(C)N2CCC(N)C(C)C2)cc1F. The van der Waals surface area contributed by atoms with Crippen molar-refractivity contribution in [3.05, 3.63) is 35.1 Å². The minimum atomic E-state index is -0.110. The van der Waals surface area contributed by atoms with Gasteiger partial charge in [0.2, 0.25) is 0 Å². The number of piperidine rings is 1. The van der Waals surface area contributed by atoms with Crippen LogP contribution in [0.1, 0.15) is 37.4 Å². The second-order valence-corrected chi connectivity index (χ2v) is 5.61. The van der Waals surface area contributed by atoms with Crippen LogP contribution in [0.4, 0.5) is 4.39 Å². The minimum absolute atomic E-state index is 0.110. The summed E-state index contributed by atoms with van der Waals surface area (Å²) in [5.41, 5.74) is 7.80. The molecule has 0 bridgehead atoms. The number of hydrogen-bond donors (Lipinski definition) is 1. The Morgan fingerprint density at radius 3 is 2.78 bits per heavy atom. The summed E-state index contributed by atoms with van der Waals surface area (Å²) in [5.74, 6) is 0.401. The first-order chi connectivity index (χ1) is 8.49. The van der Waals surface area contributed by atoms with Crippen molar-refractivity contribution in [1.29, 1.82) is 0 Å². The molecule has 2 nitrogen and oxygen atoms in total. The van der Waals surface area contributed by atoms with Crippen LogP contribution in [0.3, 0.4) is 0 Å². The van der Waals surface area contributed by atoms with Crippen molar-refractivity contribution < 1.29 is 4.39 Å². The zero-order chi connectivity index (χ0) is 13.3. The Kier molecular flexibility index (Phi) is 4.03. The monoisotopic (exact) mass is 250 g/mol. The minimum Gasteiger partial charge on any atom is -0.327 e. The highest BCUT2D eigenvalue weighted by atomic mass is 19.1. The fourth-order valence-electron chi connectivity index (χ4n) is 2.63. The summed E-state index contributed by atoms with van der Waals surface area (Å²) in [7, 11) is 0. The van der Waals surface area contributed by atoms with Crippen LogP contribution in [0.25, 0.3) is 0 Å². The van der Waals surface area contributed by atoms with Gasteiger partial charge in [-0.25, -0.2) is 4.39 Å². The zero-order valence-electron chi connectivity index (χ0n) is 11.5. The van der Waals surface area contributed by atoms with Gasteiger partial charge in [-0.3, -0.25) is 4.90 Å². The Morgan fingerprint density at radius 2 is 2.17 bits per heavy atom. The van der Waals surface area contributed by atoms with E-state index in [2.05, 4.69) is 18.7 Å². The van der Waals surface area contributed by atoms with Crippen molar-refractivity contribution in [2.24, 2.45) is 11.7 Å². The fourth-order valence-corrected chi connectivity index (χ4v) is 2.63. The third-order valence-corrected chi connectivity index (χ3v) is 4.23. The number of nitrogens with two attached hydrogens (primary N) is 1. The molecule has 1 aliphatic rings. The van der Waals surface area contributed by atoms with Gasteiger partial charge in [0.25, 0.3) is 0 Å². The number of halogens is 1. The predicted molar refractivity (Wildman–Crippen MR) is 72.9 cm³/mol. The van der Waals surface area contributed by atoms with Crippen LogP contribution in [0, 0.1) is 18.7 Å². The highest BCUT2D eigenvalue weighted by molar-refractivity contribution is 5.25. The van der Waals surface area contributed by atoms with Gasteiger partial charge in [-0.15, -0.1) is 0 Å². The van der Waals surface area contributed by atoms with Gasteiger partial charge in [0.1, 0.15) is 5.82 Å². The standard InChI is InChI=1S/C15H23FN2/c1-10-4-5-13(8-14(10)16)12(3)18-7-6-15(17)11(2)9-18/h4-5,8,11-12,15H,6-7,9,17H2,1-3H3. The summed E-state index contributed by atoms with van der Waals surface area (Å²) in [6.45, 7) is 8.14. The van der Waals surface area contributed by atoms with Crippen molar-refractivity contribution in [1.82, 2.24) is 4.90 Å². The van der Waals surface area contributed by atoms with E-state index in [1.54, 1.807) is 13.0 Å². The molecule has 0 spiro atoms. The van der Waals surface area contributed by atoms with E-state index in [1.807, 2.05) is 12.1 Å². The van der Waals surface area contributed by atoms with Gasteiger partial charge in [-0.1, -0.05) is 19.1 Å². The van der Waals surface area contributed by atoms with Crippen molar-refractivity contribution in [3.8, 4) is 0 Å². The summed E-state index contributed by atoms with van der Waals surface area (Å²) in [6.07, 6.45) is 1.03. The third kappa shape index (κ3) is 2.73. The number of nitrogens with zero attached hydrogens (tertiary/aromatic N) is 1. The second-order valence-electron chi connectivity index (χ2n) is 5.61. The number of aryl methyl sites for hydroxylation is 1. The van der Waals surface area contributed by atoms with E-state index in [-0.39, 0.29) is 11.9 Å². The lowest BCUT2D eigenvalue weighted by atomic mass is 9.92. The highest BCUT2D eigenvalue weighted by Gasteiger charge is 2.26. The van der Waals surface area contributed by atoms with Crippen LogP contribution in [0.5, 0.6) is 0 Å². The van der Waals surface area contributed by atoms with Crippen molar-refractivity contribution in [2.45, 2.75) is 39.3 Å². The lowest BCUT2D eigenvalue weighted by Crippen LogP contribution is -2.46. The van der Waals surface area contributed by atoms with Crippen molar-refractivity contribution >= 4 is 0 Å². The average Bonchev–Trinajstić information content (AvgIpc) is 2.35. The molecule has 1 saturated heterocycles. The molecule has 1 heterocycles. The molecule has 1 aromatic carbocycles. The van der Waals surface area contributed by atoms with Gasteiger partial charge in [-0.2, -0.15) is 0 Å². The van der Waals surface area contributed by atoms with Crippen LogP contribution in [-0.2, 0) is 0 Å². The van der Waals surface area contributed by atoms with Crippen LogP contribution in [0.15, 0.2) is 18.2 Å². The molecule has 0 aromatic heterocycles. The smallest absolute Gasteiger partial charge is 0.126 e. The summed E-state index contributed by atoms with van der Waals surface area (Å²) in [4.78, 5) is 2.40. The van der Waals surface area contributed by atoms with E-state index < -0.39 is 0 Å². The first-order valence-electron chi connectivity index (χ1n) is 6.74. The van der Waals surface area contributed by atoms with E-state index in [1.165, 1.54) is 0 Å². The maximum atomic E-state index is 13.6. The third-order valence-electron chi connectivity index (χ3n) is 4.23. The lowest BCUT2D eigenvalue weighted by Gasteiger charge is -2.39. The molecule has 3 unspecified atom stereocenters. The fraction of sp³-hybridized carbons (Fsp3) is 0.600. The van der Waals surface area contributed by atoms with Gasteiger partial charge in [0.15, 0.2) is 0 Å². The number of benzene rings is 1. The lowest BCUT2D eigenvalue weighted by molar-refractivity contribution is 0.124. The number of likely N-dealkylation sites (tertiary alicyclic amines) is 1. The van der Waals surface area contributed by atoms with Gasteiger partial charge in [-0.05, 0) is 43.4 Å².